The van der Waals surface area contributed by atoms with Crippen molar-refractivity contribution in [3.63, 3.8) is 0 Å². The van der Waals surface area contributed by atoms with E-state index in [1.54, 1.807) is 4.68 Å². The molecule has 7 nitrogen and oxygen atoms in total. The number of rotatable bonds is 6. The molecule has 1 fully saturated rings. The highest BCUT2D eigenvalue weighted by Gasteiger charge is 2.41. The van der Waals surface area contributed by atoms with Crippen LogP contribution in [0.15, 0.2) is 12.3 Å². The van der Waals surface area contributed by atoms with E-state index in [4.69, 9.17) is 10.5 Å². The summed E-state index contributed by atoms with van der Waals surface area (Å²) in [6.07, 6.45) is 6.40. The first-order valence-electron chi connectivity index (χ1n) is 9.74. The van der Waals surface area contributed by atoms with E-state index in [9.17, 15) is 4.79 Å². The topological polar surface area (TPSA) is 86.3 Å². The number of piperidine rings is 1. The number of fused-ring (bicyclic) bond motifs is 2. The number of nitrogens with zero attached hydrogens (tertiary/aromatic N) is 4. The standard InChI is InChI=1S/C19H27N5O2S/c1-2-15-11-16-17(27-15)4-10-26-19(16)5-8-23(9-6-19)12-14-13-24(22-21-14)7-3-18(20)25/h11,13H,2-10,12H2,1H3,(H2,20,25). The predicted molar refractivity (Wildman–Crippen MR) is 103 cm³/mol. The summed E-state index contributed by atoms with van der Waals surface area (Å²) in [5.41, 5.74) is 7.49. The fourth-order valence-corrected chi connectivity index (χ4v) is 5.28. The second-order valence-corrected chi connectivity index (χ2v) is 8.68. The molecule has 1 amide bonds. The minimum absolute atomic E-state index is 0.0902. The van der Waals surface area contributed by atoms with Gasteiger partial charge in [0.25, 0.3) is 0 Å². The maximum Gasteiger partial charge on any atom is 0.219 e. The van der Waals surface area contributed by atoms with E-state index in [-0.39, 0.29) is 17.9 Å². The minimum Gasteiger partial charge on any atom is -0.370 e. The summed E-state index contributed by atoms with van der Waals surface area (Å²) in [4.78, 5) is 16.3. The SMILES string of the molecule is CCc1cc2c(s1)CCOC21CCN(Cc2cn(CCC(N)=O)nn2)CC1. The van der Waals surface area contributed by atoms with Crippen LogP contribution in [0.25, 0.3) is 0 Å². The van der Waals surface area contributed by atoms with Gasteiger partial charge in [-0.25, -0.2) is 0 Å². The van der Waals surface area contributed by atoms with Crippen LogP contribution in [0.4, 0.5) is 0 Å². The Morgan fingerprint density at radius 1 is 1.41 bits per heavy atom. The molecule has 0 radical (unpaired) electrons. The van der Waals surface area contributed by atoms with Crippen LogP contribution in [0.1, 0.15) is 47.2 Å². The zero-order chi connectivity index (χ0) is 18.9. The highest BCUT2D eigenvalue weighted by atomic mass is 32.1. The van der Waals surface area contributed by atoms with Crippen LogP contribution in [-0.4, -0.2) is 45.5 Å². The Kier molecular flexibility index (Phi) is 5.29. The Morgan fingerprint density at radius 3 is 2.96 bits per heavy atom. The van der Waals surface area contributed by atoms with Crippen molar-refractivity contribution < 1.29 is 9.53 Å². The molecule has 146 valence electrons. The second kappa shape index (κ2) is 7.69. The molecule has 2 aliphatic rings. The average Bonchev–Trinajstić information content (AvgIpc) is 3.29. The van der Waals surface area contributed by atoms with Crippen molar-refractivity contribution in [1.29, 1.82) is 0 Å². The predicted octanol–water partition coefficient (Wildman–Crippen LogP) is 1.84. The van der Waals surface area contributed by atoms with E-state index < -0.39 is 0 Å². The highest BCUT2D eigenvalue weighted by Crippen LogP contribution is 2.44. The number of carbonyl (C=O) groups excluding carboxylic acids is 1. The smallest absolute Gasteiger partial charge is 0.219 e. The summed E-state index contributed by atoms with van der Waals surface area (Å²) in [6.45, 7) is 6.31. The fraction of sp³-hybridized carbons (Fsp3) is 0.632. The molecule has 0 saturated carbocycles. The summed E-state index contributed by atoms with van der Waals surface area (Å²) in [6, 6.07) is 2.39. The average molecular weight is 390 g/mol. The Bertz CT molecular complexity index is 807. The molecule has 0 bridgehead atoms. The number of hydrogen-bond acceptors (Lipinski definition) is 6. The van der Waals surface area contributed by atoms with E-state index in [1.807, 2.05) is 17.5 Å². The Hall–Kier alpha value is -1.77. The number of primary amides is 1. The lowest BCUT2D eigenvalue weighted by molar-refractivity contribution is -0.118. The molecular formula is C19H27N5O2S. The third-order valence-electron chi connectivity index (χ3n) is 5.63. The summed E-state index contributed by atoms with van der Waals surface area (Å²) < 4.78 is 8.05. The van der Waals surface area contributed by atoms with Crippen LogP contribution in [0.2, 0.25) is 0 Å². The molecule has 0 atom stereocenters. The molecule has 2 aliphatic heterocycles. The molecular weight excluding hydrogens is 362 g/mol. The van der Waals surface area contributed by atoms with Crippen molar-refractivity contribution >= 4 is 17.2 Å². The monoisotopic (exact) mass is 389 g/mol. The number of ether oxygens (including phenoxy) is 1. The first kappa shape index (κ1) is 18.6. The van der Waals surface area contributed by atoms with Gasteiger partial charge in [-0.3, -0.25) is 14.4 Å². The molecule has 27 heavy (non-hydrogen) atoms. The van der Waals surface area contributed by atoms with Crippen LogP contribution in [0.5, 0.6) is 0 Å². The zero-order valence-corrected chi connectivity index (χ0v) is 16.6. The summed E-state index contributed by atoms with van der Waals surface area (Å²) in [7, 11) is 0. The van der Waals surface area contributed by atoms with Gasteiger partial charge >= 0.3 is 0 Å². The van der Waals surface area contributed by atoms with Gasteiger partial charge in [-0.2, -0.15) is 0 Å². The molecule has 2 aromatic rings. The Morgan fingerprint density at radius 2 is 2.22 bits per heavy atom. The number of likely N-dealkylation sites (tertiary alicyclic amines) is 1. The quantitative estimate of drug-likeness (QED) is 0.815. The maximum atomic E-state index is 10.9. The van der Waals surface area contributed by atoms with Gasteiger partial charge in [0.1, 0.15) is 0 Å². The number of amides is 1. The van der Waals surface area contributed by atoms with Gasteiger partial charge in [-0.05, 0) is 30.9 Å². The van der Waals surface area contributed by atoms with E-state index in [0.29, 0.717) is 6.54 Å². The van der Waals surface area contributed by atoms with Crippen LogP contribution in [0.3, 0.4) is 0 Å². The molecule has 1 spiro atoms. The van der Waals surface area contributed by atoms with Crippen molar-refractivity contribution in [1.82, 2.24) is 19.9 Å². The van der Waals surface area contributed by atoms with E-state index in [2.05, 4.69) is 28.2 Å². The lowest BCUT2D eigenvalue weighted by atomic mass is 9.82. The molecule has 2 N–H and O–H groups in total. The number of thiophene rings is 1. The van der Waals surface area contributed by atoms with Gasteiger partial charge in [-0.1, -0.05) is 12.1 Å². The highest BCUT2D eigenvalue weighted by molar-refractivity contribution is 7.12. The lowest BCUT2D eigenvalue weighted by Gasteiger charge is -2.44. The first-order valence-corrected chi connectivity index (χ1v) is 10.6. The molecule has 0 unspecified atom stereocenters. The van der Waals surface area contributed by atoms with Crippen LogP contribution >= 0.6 is 11.3 Å². The van der Waals surface area contributed by atoms with Crippen LogP contribution < -0.4 is 5.73 Å². The number of carbonyl (C=O) groups is 1. The van der Waals surface area contributed by atoms with Gasteiger partial charge in [0.2, 0.25) is 5.91 Å². The molecule has 0 aliphatic carbocycles. The third-order valence-corrected chi connectivity index (χ3v) is 6.97. The summed E-state index contributed by atoms with van der Waals surface area (Å²) >= 11 is 1.97. The third kappa shape index (κ3) is 3.93. The fourth-order valence-electron chi connectivity index (χ4n) is 4.11. The summed E-state index contributed by atoms with van der Waals surface area (Å²) in [5.74, 6) is -0.320. The molecule has 4 heterocycles. The molecule has 1 saturated heterocycles. The van der Waals surface area contributed by atoms with Gasteiger partial charge in [0, 0.05) is 48.4 Å². The summed E-state index contributed by atoms with van der Waals surface area (Å²) in [5, 5.41) is 8.32. The van der Waals surface area contributed by atoms with Gasteiger partial charge in [0.05, 0.1) is 24.4 Å². The first-order chi connectivity index (χ1) is 13.1. The number of hydrogen-bond donors (Lipinski definition) is 1. The number of aryl methyl sites for hydroxylation is 2. The van der Waals surface area contributed by atoms with Gasteiger partial charge in [0.15, 0.2) is 0 Å². The zero-order valence-electron chi connectivity index (χ0n) is 15.8. The van der Waals surface area contributed by atoms with Crippen molar-refractivity contribution in [2.75, 3.05) is 19.7 Å². The van der Waals surface area contributed by atoms with Crippen molar-refractivity contribution in [3.8, 4) is 0 Å². The largest absolute Gasteiger partial charge is 0.370 e. The van der Waals surface area contributed by atoms with Crippen molar-refractivity contribution in [3.05, 3.63) is 33.3 Å². The molecule has 4 rings (SSSR count). The molecule has 8 heteroatoms. The Balaban J connectivity index is 1.37. The number of nitrogens with two attached hydrogens (primary N) is 1. The van der Waals surface area contributed by atoms with E-state index >= 15 is 0 Å². The van der Waals surface area contributed by atoms with Crippen LogP contribution in [-0.2, 0) is 41.1 Å². The molecule has 0 aromatic carbocycles. The number of aromatic nitrogens is 3. The van der Waals surface area contributed by atoms with Crippen molar-refractivity contribution in [2.45, 2.75) is 57.7 Å². The molecule has 2 aromatic heterocycles. The van der Waals surface area contributed by atoms with Gasteiger partial charge in [-0.15, -0.1) is 16.4 Å². The minimum atomic E-state index is -0.320. The van der Waals surface area contributed by atoms with E-state index in [1.165, 1.54) is 15.3 Å². The van der Waals surface area contributed by atoms with E-state index in [0.717, 1.165) is 57.6 Å². The maximum absolute atomic E-state index is 10.9. The van der Waals surface area contributed by atoms with Crippen LogP contribution in [0, 0.1) is 0 Å². The lowest BCUT2D eigenvalue weighted by Crippen LogP contribution is -2.45. The Labute approximate surface area is 163 Å². The normalized spacial score (nSPS) is 19.3. The second-order valence-electron chi connectivity index (χ2n) is 7.46. The van der Waals surface area contributed by atoms with Crippen molar-refractivity contribution in [2.24, 2.45) is 5.73 Å². The van der Waals surface area contributed by atoms with Gasteiger partial charge < -0.3 is 10.5 Å².